The molecule has 7 heteroatoms. The maximum atomic E-state index is 11.5. The van der Waals surface area contributed by atoms with Crippen molar-refractivity contribution in [1.82, 2.24) is 4.98 Å². The lowest BCUT2D eigenvalue weighted by molar-refractivity contribution is 0.100. The van der Waals surface area contributed by atoms with Crippen molar-refractivity contribution in [3.63, 3.8) is 0 Å². The number of primary amides is 1. The summed E-state index contributed by atoms with van der Waals surface area (Å²) in [6.07, 6.45) is 2.59. The van der Waals surface area contributed by atoms with Crippen molar-refractivity contribution in [2.75, 3.05) is 11.5 Å². The highest BCUT2D eigenvalue weighted by Gasteiger charge is 2.31. The van der Waals surface area contributed by atoms with E-state index in [1.807, 2.05) is 12.3 Å². The van der Waals surface area contributed by atoms with E-state index in [2.05, 4.69) is 20.9 Å². The highest BCUT2D eigenvalue weighted by Crippen LogP contribution is 2.52. The van der Waals surface area contributed by atoms with Crippen LogP contribution in [0.25, 0.3) is 10.9 Å². The molecule has 20 heavy (non-hydrogen) atoms. The van der Waals surface area contributed by atoms with E-state index in [4.69, 9.17) is 5.73 Å². The second-order valence-electron chi connectivity index (χ2n) is 5.14. The van der Waals surface area contributed by atoms with Gasteiger partial charge in [-0.15, -0.1) is 0 Å². The summed E-state index contributed by atoms with van der Waals surface area (Å²) in [6.45, 7) is 0. The number of fused-ring (bicyclic) bond motifs is 1. The Balaban J connectivity index is 2.12. The monoisotopic (exact) mass is 358 g/mol. The first-order valence-electron chi connectivity index (χ1n) is 6.21. The molecule has 1 fully saturated rings. The number of hydrogen-bond donors (Lipinski definition) is 4. The predicted octanol–water partition coefficient (Wildman–Crippen LogP) is 3.27. The molecule has 3 rings (SSSR count). The number of hydrogen-bond acceptors (Lipinski definition) is 3. The molecule has 1 aliphatic rings. The van der Waals surface area contributed by atoms with Crippen LogP contribution in [0.4, 0.5) is 0 Å². The van der Waals surface area contributed by atoms with Gasteiger partial charge in [-0.1, -0.05) is 15.9 Å². The number of halogens is 1. The molecule has 0 radical (unpaired) electrons. The van der Waals surface area contributed by atoms with E-state index in [0.29, 0.717) is 22.6 Å². The average Bonchev–Trinajstić information content (AvgIpc) is 2.91. The van der Waals surface area contributed by atoms with E-state index in [1.165, 1.54) is 0 Å². The molecule has 1 aromatic carbocycles. The molecule has 1 aromatic heterocycles. The minimum atomic E-state index is -2.44. The van der Waals surface area contributed by atoms with Gasteiger partial charge >= 0.3 is 0 Å². The van der Waals surface area contributed by atoms with E-state index in [0.717, 1.165) is 21.8 Å². The number of amides is 1. The van der Waals surface area contributed by atoms with Crippen molar-refractivity contribution in [3.05, 3.63) is 33.9 Å². The lowest BCUT2D eigenvalue weighted by atomic mass is 9.97. The zero-order valence-corrected chi connectivity index (χ0v) is 13.0. The summed E-state index contributed by atoms with van der Waals surface area (Å²) < 4.78 is 20.3. The van der Waals surface area contributed by atoms with Crippen molar-refractivity contribution >= 4 is 43.3 Å². The minimum Gasteiger partial charge on any atom is -0.366 e. The van der Waals surface area contributed by atoms with Crippen LogP contribution in [0, 0.1) is 0 Å². The van der Waals surface area contributed by atoms with Gasteiger partial charge in [0, 0.05) is 33.5 Å². The number of aromatic amines is 1. The molecular weight excluding hydrogens is 344 g/mol. The Morgan fingerprint density at radius 3 is 2.80 bits per heavy atom. The van der Waals surface area contributed by atoms with Gasteiger partial charge in [0.2, 0.25) is 0 Å². The molecular formula is C13H15BrN2O3S. The van der Waals surface area contributed by atoms with Crippen LogP contribution in [-0.4, -0.2) is 31.5 Å². The molecule has 108 valence electrons. The Kier molecular flexibility index (Phi) is 3.32. The first kappa shape index (κ1) is 13.9. The van der Waals surface area contributed by atoms with Crippen LogP contribution in [0.15, 0.2) is 22.8 Å². The molecule has 2 heterocycles. The van der Waals surface area contributed by atoms with Gasteiger partial charge in [-0.2, -0.15) is 10.6 Å². The van der Waals surface area contributed by atoms with Gasteiger partial charge in [0.15, 0.2) is 0 Å². The van der Waals surface area contributed by atoms with Crippen LogP contribution >= 0.6 is 26.5 Å². The van der Waals surface area contributed by atoms with Gasteiger partial charge in [0.1, 0.15) is 0 Å². The highest BCUT2D eigenvalue weighted by atomic mass is 79.9. The van der Waals surface area contributed by atoms with Gasteiger partial charge in [-0.25, -0.2) is 0 Å². The fourth-order valence-corrected chi connectivity index (χ4v) is 5.09. The van der Waals surface area contributed by atoms with E-state index in [1.54, 1.807) is 6.07 Å². The molecule has 1 saturated heterocycles. The molecule has 5 nitrogen and oxygen atoms in total. The first-order valence-corrected chi connectivity index (χ1v) is 8.89. The molecule has 0 bridgehead atoms. The average molecular weight is 359 g/mol. The maximum Gasteiger partial charge on any atom is 0.250 e. The second kappa shape index (κ2) is 4.77. The molecule has 0 spiro atoms. The molecule has 2 aromatic rings. The molecule has 5 N–H and O–H groups in total. The first-order chi connectivity index (χ1) is 9.37. The fraction of sp³-hybridized carbons (Fsp3) is 0.308. The smallest absolute Gasteiger partial charge is 0.250 e. The summed E-state index contributed by atoms with van der Waals surface area (Å²) in [6, 6.07) is 3.62. The van der Waals surface area contributed by atoms with Gasteiger partial charge in [-0.05, 0) is 24.1 Å². The van der Waals surface area contributed by atoms with Gasteiger partial charge in [-0.3, -0.25) is 13.9 Å². The highest BCUT2D eigenvalue weighted by molar-refractivity contribution is 9.10. The van der Waals surface area contributed by atoms with Gasteiger partial charge < -0.3 is 10.7 Å². The number of aromatic nitrogens is 1. The third-order valence-corrected chi connectivity index (χ3v) is 6.04. The van der Waals surface area contributed by atoms with Crippen molar-refractivity contribution in [1.29, 1.82) is 0 Å². The van der Waals surface area contributed by atoms with E-state index in [-0.39, 0.29) is 5.92 Å². The number of nitrogens with one attached hydrogen (secondary N) is 1. The van der Waals surface area contributed by atoms with Crippen LogP contribution in [0.2, 0.25) is 0 Å². The third-order valence-electron chi connectivity index (χ3n) is 3.75. The lowest BCUT2D eigenvalue weighted by Gasteiger charge is -2.26. The number of carbonyl (C=O) groups excluding carboxylic acids is 1. The van der Waals surface area contributed by atoms with Crippen LogP contribution in [-0.2, 0) is 0 Å². The van der Waals surface area contributed by atoms with Crippen LogP contribution in [0.3, 0.4) is 0 Å². The molecule has 1 unspecified atom stereocenters. The van der Waals surface area contributed by atoms with E-state index >= 15 is 0 Å². The summed E-state index contributed by atoms with van der Waals surface area (Å²) >= 11 is 3.39. The Morgan fingerprint density at radius 2 is 2.20 bits per heavy atom. The lowest BCUT2D eigenvalue weighted by Crippen LogP contribution is -2.11. The summed E-state index contributed by atoms with van der Waals surface area (Å²) in [7, 11) is -2.44. The summed E-state index contributed by atoms with van der Waals surface area (Å²) in [5, 5.41) is 0.912. The number of H-pyrrole nitrogens is 1. The van der Waals surface area contributed by atoms with Crippen LogP contribution in [0.5, 0.6) is 0 Å². The van der Waals surface area contributed by atoms with Crippen LogP contribution < -0.4 is 5.73 Å². The van der Waals surface area contributed by atoms with Crippen molar-refractivity contribution in [2.45, 2.75) is 12.3 Å². The van der Waals surface area contributed by atoms with Gasteiger partial charge in [0.05, 0.1) is 11.1 Å². The Labute approximate surface area is 126 Å². The minimum absolute atomic E-state index is 0.101. The zero-order valence-electron chi connectivity index (χ0n) is 10.6. The normalized spacial score (nSPS) is 23.1. The molecule has 1 aliphatic heterocycles. The van der Waals surface area contributed by atoms with Crippen molar-refractivity contribution in [2.24, 2.45) is 5.73 Å². The third kappa shape index (κ3) is 2.35. The molecule has 0 aliphatic carbocycles. The van der Waals surface area contributed by atoms with Crippen molar-refractivity contribution < 1.29 is 13.9 Å². The zero-order chi connectivity index (χ0) is 14.5. The molecule has 1 amide bonds. The largest absolute Gasteiger partial charge is 0.366 e. The fourth-order valence-electron chi connectivity index (χ4n) is 2.81. The summed E-state index contributed by atoms with van der Waals surface area (Å²) in [4.78, 5) is 14.6. The maximum absolute atomic E-state index is 11.5. The number of rotatable bonds is 2. The number of benzene rings is 1. The second-order valence-corrected chi connectivity index (χ2v) is 8.40. The Hall–Kier alpha value is -1.02. The number of carbonyl (C=O) groups is 1. The van der Waals surface area contributed by atoms with Gasteiger partial charge in [0.25, 0.3) is 5.91 Å². The Morgan fingerprint density at radius 1 is 1.45 bits per heavy atom. The van der Waals surface area contributed by atoms with E-state index < -0.39 is 16.5 Å². The number of nitrogens with two attached hydrogens (primary N) is 1. The molecule has 0 saturated carbocycles. The molecule has 1 atom stereocenters. The summed E-state index contributed by atoms with van der Waals surface area (Å²) in [5.74, 6) is 0.448. The van der Waals surface area contributed by atoms with E-state index in [9.17, 15) is 13.9 Å². The van der Waals surface area contributed by atoms with Crippen LogP contribution in [0.1, 0.15) is 28.3 Å². The topological polar surface area (TPSA) is 99.3 Å². The Bertz CT molecular complexity index is 698. The van der Waals surface area contributed by atoms with Crippen molar-refractivity contribution in [3.8, 4) is 0 Å². The standard InChI is InChI=1S/C13H15BrN2O3S/c14-8-3-9-11(7-1-2-20(18,19)6-7)5-16-12(9)10(4-8)13(15)17/h3-5,7,16,18-19H,1-2,6H2,(H2,15,17). The summed E-state index contributed by atoms with van der Waals surface area (Å²) in [5.41, 5.74) is 7.56. The SMILES string of the molecule is NC(=O)c1cc(Br)cc2c(C3CCS(O)(O)C3)c[nH]c12. The quantitative estimate of drug-likeness (QED) is 0.662. The predicted molar refractivity (Wildman–Crippen MR) is 84.5 cm³/mol.